The van der Waals surface area contributed by atoms with Gasteiger partial charge in [0.05, 0.1) is 11.1 Å². The molecule has 1 amide bonds. The van der Waals surface area contributed by atoms with Crippen molar-refractivity contribution in [3.63, 3.8) is 0 Å². The number of fused-ring (bicyclic) bond motifs is 1. The quantitative estimate of drug-likeness (QED) is 0.819. The molecule has 0 radical (unpaired) electrons. The van der Waals surface area contributed by atoms with E-state index in [1.54, 1.807) is 0 Å². The van der Waals surface area contributed by atoms with Gasteiger partial charge in [-0.05, 0) is 56.3 Å². The number of hydrogen-bond donors (Lipinski definition) is 2. The van der Waals surface area contributed by atoms with E-state index in [-0.39, 0.29) is 36.1 Å². The van der Waals surface area contributed by atoms with E-state index in [2.05, 4.69) is 17.6 Å². The highest BCUT2D eigenvalue weighted by atomic mass is 35.5. The van der Waals surface area contributed by atoms with Gasteiger partial charge in [-0.1, -0.05) is 25.1 Å². The molecule has 142 valence electrons. The van der Waals surface area contributed by atoms with Crippen LogP contribution in [0.3, 0.4) is 0 Å². The minimum atomic E-state index is 0. The number of rotatable bonds is 4. The molecule has 1 aliphatic heterocycles. The molecule has 6 heteroatoms. The molecule has 1 saturated carbocycles. The van der Waals surface area contributed by atoms with Crippen molar-refractivity contribution < 1.29 is 4.79 Å². The monoisotopic (exact) mass is 395 g/mol. The third-order valence-corrected chi connectivity index (χ3v) is 5.46. The van der Waals surface area contributed by atoms with Gasteiger partial charge in [-0.2, -0.15) is 0 Å². The second kappa shape index (κ2) is 8.55. The van der Waals surface area contributed by atoms with E-state index < -0.39 is 0 Å². The molecule has 0 unspecified atom stereocenters. The highest BCUT2D eigenvalue weighted by molar-refractivity contribution is 6.06. The summed E-state index contributed by atoms with van der Waals surface area (Å²) in [6.07, 6.45) is 4.60. The zero-order valence-corrected chi connectivity index (χ0v) is 16.7. The van der Waals surface area contributed by atoms with E-state index in [9.17, 15) is 4.79 Å². The lowest BCUT2D eigenvalue weighted by molar-refractivity contribution is 0.0924. The van der Waals surface area contributed by atoms with Crippen LogP contribution < -0.4 is 10.6 Å². The molecule has 0 spiro atoms. The Labute approximate surface area is 167 Å². The highest BCUT2D eigenvalue weighted by Crippen LogP contribution is 2.40. The molecule has 1 saturated heterocycles. The third-order valence-electron chi connectivity index (χ3n) is 5.46. The van der Waals surface area contributed by atoms with Gasteiger partial charge in [0.15, 0.2) is 0 Å². The maximum Gasteiger partial charge on any atom is 0.252 e. The Balaban J connectivity index is 0.00000121. The molecule has 2 N–H and O–H groups in total. The van der Waals surface area contributed by atoms with Gasteiger partial charge in [0.25, 0.3) is 5.91 Å². The minimum absolute atomic E-state index is 0. The van der Waals surface area contributed by atoms with E-state index in [4.69, 9.17) is 4.98 Å². The average molecular weight is 396 g/mol. The van der Waals surface area contributed by atoms with Gasteiger partial charge in [0, 0.05) is 23.5 Å². The molecule has 0 bridgehead atoms. The molecule has 1 aromatic heterocycles. The summed E-state index contributed by atoms with van der Waals surface area (Å²) in [5, 5.41) is 7.54. The van der Waals surface area contributed by atoms with Crippen molar-refractivity contribution in [2.24, 2.45) is 5.41 Å². The van der Waals surface area contributed by atoms with Crippen LogP contribution in [0.5, 0.6) is 0 Å². The summed E-state index contributed by atoms with van der Waals surface area (Å²) in [5.41, 5.74) is 2.98. The van der Waals surface area contributed by atoms with E-state index >= 15 is 0 Å². The lowest BCUT2D eigenvalue weighted by Crippen LogP contribution is -2.42. The average Bonchev–Trinajstić information content (AvgIpc) is 3.44. The van der Waals surface area contributed by atoms with Gasteiger partial charge in [-0.3, -0.25) is 9.78 Å². The van der Waals surface area contributed by atoms with Crippen molar-refractivity contribution in [3.05, 3.63) is 41.6 Å². The first kappa shape index (κ1) is 20.9. The maximum absolute atomic E-state index is 12.9. The minimum Gasteiger partial charge on any atom is -0.351 e. The van der Waals surface area contributed by atoms with Crippen molar-refractivity contribution in [3.8, 4) is 0 Å². The number of para-hydroxylation sites is 1. The molecule has 0 atom stereocenters. The number of nitrogens with zero attached hydrogens (tertiary/aromatic N) is 1. The zero-order valence-electron chi connectivity index (χ0n) is 15.1. The van der Waals surface area contributed by atoms with E-state index in [0.717, 1.165) is 54.6 Å². The topological polar surface area (TPSA) is 54.0 Å². The summed E-state index contributed by atoms with van der Waals surface area (Å²) in [5.74, 6) is 0.582. The summed E-state index contributed by atoms with van der Waals surface area (Å²) in [6, 6.07) is 9.99. The molecular formula is C20H27Cl2N3O. The number of hydrogen-bond acceptors (Lipinski definition) is 3. The van der Waals surface area contributed by atoms with Crippen LogP contribution in [0.4, 0.5) is 0 Å². The summed E-state index contributed by atoms with van der Waals surface area (Å²) in [6.45, 7) is 5.09. The molecule has 2 fully saturated rings. The first-order valence-corrected chi connectivity index (χ1v) is 9.03. The van der Waals surface area contributed by atoms with Crippen molar-refractivity contribution in [1.29, 1.82) is 0 Å². The van der Waals surface area contributed by atoms with Gasteiger partial charge in [0.1, 0.15) is 0 Å². The smallest absolute Gasteiger partial charge is 0.252 e. The molecule has 26 heavy (non-hydrogen) atoms. The van der Waals surface area contributed by atoms with Gasteiger partial charge >= 0.3 is 0 Å². The molecular weight excluding hydrogens is 369 g/mol. The zero-order chi connectivity index (χ0) is 16.6. The third kappa shape index (κ3) is 4.48. The molecule has 4 rings (SSSR count). The van der Waals surface area contributed by atoms with Crippen molar-refractivity contribution in [2.75, 3.05) is 19.6 Å². The van der Waals surface area contributed by atoms with Gasteiger partial charge < -0.3 is 10.6 Å². The van der Waals surface area contributed by atoms with Crippen LogP contribution in [-0.2, 0) is 0 Å². The second-order valence-corrected chi connectivity index (χ2v) is 7.63. The number of halogens is 2. The number of nitrogens with one attached hydrogen (secondary N) is 2. The molecule has 4 nitrogen and oxygen atoms in total. The maximum atomic E-state index is 12.9. The molecule has 1 aliphatic carbocycles. The lowest BCUT2D eigenvalue weighted by atomic mass is 9.81. The van der Waals surface area contributed by atoms with Gasteiger partial charge in [-0.15, -0.1) is 24.8 Å². The van der Waals surface area contributed by atoms with Crippen LogP contribution in [0.25, 0.3) is 10.9 Å². The van der Waals surface area contributed by atoms with Crippen molar-refractivity contribution in [2.45, 2.75) is 38.5 Å². The first-order chi connectivity index (χ1) is 11.6. The fourth-order valence-corrected chi connectivity index (χ4v) is 3.57. The van der Waals surface area contributed by atoms with Gasteiger partial charge in [-0.25, -0.2) is 0 Å². The summed E-state index contributed by atoms with van der Waals surface area (Å²) < 4.78 is 0. The van der Waals surface area contributed by atoms with E-state index in [1.165, 1.54) is 12.8 Å². The van der Waals surface area contributed by atoms with Gasteiger partial charge in [0.2, 0.25) is 0 Å². The number of piperidine rings is 1. The fraction of sp³-hybridized carbons (Fsp3) is 0.500. The molecule has 2 heterocycles. The number of aromatic nitrogens is 1. The van der Waals surface area contributed by atoms with E-state index in [1.807, 2.05) is 30.3 Å². The van der Waals surface area contributed by atoms with Crippen LogP contribution in [-0.4, -0.2) is 30.5 Å². The van der Waals surface area contributed by atoms with Crippen LogP contribution >= 0.6 is 24.8 Å². The van der Waals surface area contributed by atoms with Crippen molar-refractivity contribution >= 4 is 41.6 Å². The van der Waals surface area contributed by atoms with E-state index in [0.29, 0.717) is 5.92 Å². The number of carbonyl (C=O) groups is 1. The van der Waals surface area contributed by atoms with Crippen LogP contribution in [0, 0.1) is 5.41 Å². The molecule has 1 aromatic carbocycles. The highest BCUT2D eigenvalue weighted by Gasteiger charge is 2.29. The fourth-order valence-electron chi connectivity index (χ4n) is 3.57. The number of pyridine rings is 1. The largest absolute Gasteiger partial charge is 0.351 e. The Kier molecular flexibility index (Phi) is 6.89. The second-order valence-electron chi connectivity index (χ2n) is 7.63. The number of amides is 1. The Morgan fingerprint density at radius 1 is 1.23 bits per heavy atom. The normalized spacial score (nSPS) is 18.5. The Bertz CT molecular complexity index is 771. The Morgan fingerprint density at radius 3 is 2.62 bits per heavy atom. The molecule has 2 aromatic rings. The summed E-state index contributed by atoms with van der Waals surface area (Å²) in [4.78, 5) is 17.6. The first-order valence-electron chi connectivity index (χ1n) is 9.03. The van der Waals surface area contributed by atoms with Crippen molar-refractivity contribution in [1.82, 2.24) is 15.6 Å². The predicted molar refractivity (Wildman–Crippen MR) is 111 cm³/mol. The van der Waals surface area contributed by atoms with Crippen LogP contribution in [0.1, 0.15) is 54.6 Å². The SMILES string of the molecule is CC1(CNC(=O)c2cc(C3CC3)nc3ccccc23)CCNCC1.Cl.Cl. The summed E-state index contributed by atoms with van der Waals surface area (Å²) >= 11 is 0. The number of carbonyl (C=O) groups excluding carboxylic acids is 1. The lowest BCUT2D eigenvalue weighted by Gasteiger charge is -2.34. The molecule has 2 aliphatic rings. The number of benzene rings is 1. The van der Waals surface area contributed by atoms with Crippen LogP contribution in [0.15, 0.2) is 30.3 Å². The standard InChI is InChI=1S/C20H25N3O.2ClH/c1-20(8-10-21-11-9-20)13-22-19(24)16-12-18(14-6-7-14)23-17-5-3-2-4-15(16)17;;/h2-5,12,14,21H,6-11,13H2,1H3,(H,22,24);2*1H. The summed E-state index contributed by atoms with van der Waals surface area (Å²) in [7, 11) is 0. The Morgan fingerprint density at radius 2 is 1.92 bits per heavy atom. The van der Waals surface area contributed by atoms with Crippen LogP contribution in [0.2, 0.25) is 0 Å². The predicted octanol–water partition coefficient (Wildman–Crippen LogP) is 4.08. The Hall–Kier alpha value is -1.36.